The number of hydrogen-bond donors (Lipinski definition) is 4. The van der Waals surface area contributed by atoms with Crippen molar-refractivity contribution < 1.29 is 37.1 Å². The maximum atomic E-state index is 13.2. The summed E-state index contributed by atoms with van der Waals surface area (Å²) >= 11 is 6.02. The number of ketones is 1. The lowest BCUT2D eigenvalue weighted by atomic mass is 9.93. The molecular formula is C24H23ClF3N5O5. The van der Waals surface area contributed by atoms with Gasteiger partial charge >= 0.3 is 6.18 Å². The van der Waals surface area contributed by atoms with Gasteiger partial charge in [0.1, 0.15) is 0 Å². The van der Waals surface area contributed by atoms with Crippen LogP contribution < -0.4 is 21.3 Å². The number of hydrogen-bond acceptors (Lipinski definition) is 6. The van der Waals surface area contributed by atoms with E-state index in [9.17, 15) is 37.1 Å². The monoisotopic (exact) mass is 553 g/mol. The van der Waals surface area contributed by atoms with Gasteiger partial charge in [0, 0.05) is 36.4 Å². The SMILES string of the molecule is CNC(=O)C(=O)C(C[C@@H]1C[C@@H](C)NC1=O)NC(=O)c1cc(Cl)ccc1NC(=O)c1cncc(C(F)(F)F)c1. The van der Waals surface area contributed by atoms with Crippen molar-refractivity contribution in [1.29, 1.82) is 0 Å². The molecule has 14 heteroatoms. The molecule has 2 aromatic rings. The van der Waals surface area contributed by atoms with E-state index in [0.717, 1.165) is 6.20 Å². The Labute approximate surface area is 219 Å². The highest BCUT2D eigenvalue weighted by molar-refractivity contribution is 6.38. The zero-order valence-electron chi connectivity index (χ0n) is 20.1. The quantitative estimate of drug-likeness (QED) is 0.369. The molecule has 0 saturated carbocycles. The first-order valence-corrected chi connectivity index (χ1v) is 11.7. The Bertz CT molecular complexity index is 1290. The maximum absolute atomic E-state index is 13.2. The molecule has 1 fully saturated rings. The number of carbonyl (C=O) groups excluding carboxylic acids is 5. The molecule has 202 valence electrons. The van der Waals surface area contributed by atoms with E-state index in [0.29, 0.717) is 18.7 Å². The van der Waals surface area contributed by atoms with Gasteiger partial charge in [-0.05, 0) is 44.0 Å². The number of pyridine rings is 1. The minimum absolute atomic E-state index is 0.0760. The molecule has 2 heterocycles. The second-order valence-corrected chi connectivity index (χ2v) is 9.09. The van der Waals surface area contributed by atoms with Crippen LogP contribution in [0.5, 0.6) is 0 Å². The third-order valence-corrected chi connectivity index (χ3v) is 6.03. The van der Waals surface area contributed by atoms with Crippen LogP contribution in [0.2, 0.25) is 5.02 Å². The van der Waals surface area contributed by atoms with Crippen molar-refractivity contribution in [3.05, 3.63) is 58.4 Å². The molecule has 1 aliphatic heterocycles. The Hall–Kier alpha value is -4.00. The molecule has 3 rings (SSSR count). The highest BCUT2D eigenvalue weighted by Gasteiger charge is 2.36. The summed E-state index contributed by atoms with van der Waals surface area (Å²) in [4.78, 5) is 66.2. The van der Waals surface area contributed by atoms with Crippen LogP contribution in [0.1, 0.15) is 46.0 Å². The van der Waals surface area contributed by atoms with Crippen LogP contribution in [-0.4, -0.2) is 53.5 Å². The summed E-state index contributed by atoms with van der Waals surface area (Å²) < 4.78 is 39.0. The molecule has 1 unspecified atom stereocenters. The van der Waals surface area contributed by atoms with Crippen molar-refractivity contribution in [1.82, 2.24) is 20.9 Å². The second-order valence-electron chi connectivity index (χ2n) is 8.65. The van der Waals surface area contributed by atoms with Crippen molar-refractivity contribution in [2.45, 2.75) is 38.0 Å². The third-order valence-electron chi connectivity index (χ3n) is 5.79. The number of anilines is 1. The van der Waals surface area contributed by atoms with E-state index in [1.807, 2.05) is 0 Å². The van der Waals surface area contributed by atoms with E-state index in [2.05, 4.69) is 26.3 Å². The lowest BCUT2D eigenvalue weighted by molar-refractivity contribution is -0.139. The Morgan fingerprint density at radius 2 is 1.87 bits per heavy atom. The Morgan fingerprint density at radius 3 is 2.47 bits per heavy atom. The van der Waals surface area contributed by atoms with Crippen molar-refractivity contribution in [3.63, 3.8) is 0 Å². The minimum Gasteiger partial charge on any atom is -0.353 e. The summed E-state index contributed by atoms with van der Waals surface area (Å²) in [6.07, 6.45) is -3.02. The topological polar surface area (TPSA) is 146 Å². The van der Waals surface area contributed by atoms with Crippen molar-refractivity contribution >= 4 is 46.7 Å². The number of aromatic nitrogens is 1. The number of amides is 4. The molecule has 4 amide bonds. The molecule has 4 N–H and O–H groups in total. The summed E-state index contributed by atoms with van der Waals surface area (Å²) in [6.45, 7) is 1.77. The Balaban J connectivity index is 1.86. The van der Waals surface area contributed by atoms with E-state index in [4.69, 9.17) is 11.6 Å². The fourth-order valence-electron chi connectivity index (χ4n) is 3.92. The highest BCUT2D eigenvalue weighted by Crippen LogP contribution is 2.29. The van der Waals surface area contributed by atoms with Crippen molar-refractivity contribution in [2.75, 3.05) is 12.4 Å². The molecule has 0 spiro atoms. The Kier molecular flexibility index (Phi) is 8.71. The van der Waals surface area contributed by atoms with Crippen LogP contribution in [0.4, 0.5) is 18.9 Å². The second kappa shape index (κ2) is 11.6. The fraction of sp³-hybridized carbons (Fsp3) is 0.333. The molecular weight excluding hydrogens is 531 g/mol. The molecule has 0 aliphatic carbocycles. The molecule has 3 atom stereocenters. The van der Waals surface area contributed by atoms with E-state index in [-0.39, 0.29) is 34.6 Å². The first-order valence-electron chi connectivity index (χ1n) is 11.3. The first-order chi connectivity index (χ1) is 17.8. The summed E-state index contributed by atoms with van der Waals surface area (Å²) in [5, 5.41) is 9.72. The van der Waals surface area contributed by atoms with Gasteiger partial charge in [0.2, 0.25) is 11.7 Å². The molecule has 0 bridgehead atoms. The van der Waals surface area contributed by atoms with Gasteiger partial charge in [0.15, 0.2) is 0 Å². The standard InChI is InChI=1S/C24H23ClF3N5O5/c1-11-5-12(20(35)31-11)7-18(19(34)23(38)29-2)33-22(37)16-8-15(25)3-4-17(16)32-21(36)13-6-14(10-30-9-13)24(26,27)28/h3-4,6,8-12,18H,5,7H2,1-2H3,(H,29,38)(H,31,35)(H,32,36)(H,33,37)/t11-,12+,18?/m1/s1. The average molecular weight is 554 g/mol. The number of halogens is 4. The summed E-state index contributed by atoms with van der Waals surface area (Å²) in [5.41, 5.74) is -1.92. The zero-order chi connectivity index (χ0) is 28.2. The van der Waals surface area contributed by atoms with Crippen LogP contribution in [-0.2, 0) is 20.6 Å². The van der Waals surface area contributed by atoms with E-state index >= 15 is 0 Å². The number of Topliss-reactive ketones (excluding diaryl/α,β-unsaturated/α-hetero) is 1. The number of alkyl halides is 3. The van der Waals surface area contributed by atoms with Crippen LogP contribution in [0, 0.1) is 5.92 Å². The smallest absolute Gasteiger partial charge is 0.353 e. The summed E-state index contributed by atoms with van der Waals surface area (Å²) in [5.74, 6) is -4.86. The Morgan fingerprint density at radius 1 is 1.16 bits per heavy atom. The van der Waals surface area contributed by atoms with Crippen LogP contribution in [0.15, 0.2) is 36.7 Å². The lowest BCUT2D eigenvalue weighted by Gasteiger charge is -2.20. The molecule has 0 radical (unpaired) electrons. The molecule has 1 aromatic carbocycles. The van der Waals surface area contributed by atoms with Crippen LogP contribution in [0.3, 0.4) is 0 Å². The largest absolute Gasteiger partial charge is 0.417 e. The maximum Gasteiger partial charge on any atom is 0.417 e. The molecule has 10 nitrogen and oxygen atoms in total. The predicted molar refractivity (Wildman–Crippen MR) is 129 cm³/mol. The first kappa shape index (κ1) is 28.6. The number of rotatable bonds is 8. The molecule has 1 saturated heterocycles. The van der Waals surface area contributed by atoms with Gasteiger partial charge < -0.3 is 21.3 Å². The minimum atomic E-state index is -4.73. The molecule has 1 aliphatic rings. The van der Waals surface area contributed by atoms with Crippen LogP contribution >= 0.6 is 11.6 Å². The van der Waals surface area contributed by atoms with Gasteiger partial charge in [0.05, 0.1) is 28.4 Å². The van der Waals surface area contributed by atoms with Gasteiger partial charge in [-0.1, -0.05) is 11.6 Å². The summed E-state index contributed by atoms with van der Waals surface area (Å²) in [7, 11) is 1.23. The number of likely N-dealkylation sites (N-methyl/N-ethyl adjacent to an activating group) is 1. The fourth-order valence-corrected chi connectivity index (χ4v) is 4.09. The van der Waals surface area contributed by atoms with E-state index in [1.165, 1.54) is 25.2 Å². The average Bonchev–Trinajstić information content (AvgIpc) is 3.19. The summed E-state index contributed by atoms with van der Waals surface area (Å²) in [6, 6.07) is 2.80. The number of nitrogens with one attached hydrogen (secondary N) is 4. The number of carbonyl (C=O) groups is 5. The van der Waals surface area contributed by atoms with Crippen molar-refractivity contribution in [3.8, 4) is 0 Å². The van der Waals surface area contributed by atoms with Gasteiger partial charge in [-0.25, -0.2) is 0 Å². The zero-order valence-corrected chi connectivity index (χ0v) is 20.9. The van der Waals surface area contributed by atoms with Gasteiger partial charge in [-0.3, -0.25) is 29.0 Å². The predicted octanol–water partition coefficient (Wildman–Crippen LogP) is 2.33. The van der Waals surface area contributed by atoms with Crippen molar-refractivity contribution in [2.24, 2.45) is 5.92 Å². The van der Waals surface area contributed by atoms with Gasteiger partial charge in [0.25, 0.3) is 17.7 Å². The van der Waals surface area contributed by atoms with E-state index < -0.39 is 52.8 Å². The van der Waals surface area contributed by atoms with E-state index in [1.54, 1.807) is 6.92 Å². The lowest BCUT2D eigenvalue weighted by Crippen LogP contribution is -2.48. The third kappa shape index (κ3) is 6.85. The van der Waals surface area contributed by atoms with Gasteiger partial charge in [-0.2, -0.15) is 13.2 Å². The van der Waals surface area contributed by atoms with Gasteiger partial charge in [-0.15, -0.1) is 0 Å². The highest BCUT2D eigenvalue weighted by atomic mass is 35.5. The molecule has 38 heavy (non-hydrogen) atoms. The number of benzene rings is 1. The number of nitrogens with zero attached hydrogens (tertiary/aromatic N) is 1. The van der Waals surface area contributed by atoms with Crippen LogP contribution in [0.25, 0.3) is 0 Å². The normalized spacial score (nSPS) is 17.8. The molecule has 1 aromatic heterocycles.